The predicted molar refractivity (Wildman–Crippen MR) is 100 cm³/mol. The lowest BCUT2D eigenvalue weighted by Gasteiger charge is -2.20. The molecular formula is C18H24ClN3O5. The summed E-state index contributed by atoms with van der Waals surface area (Å²) in [5.41, 5.74) is -0.0236. The zero-order chi connectivity index (χ0) is 20.4. The number of amides is 4. The average Bonchev–Trinajstić information content (AvgIpc) is 2.55. The zero-order valence-electron chi connectivity index (χ0n) is 15.6. The number of carbonyl (C=O) groups excluding carboxylic acids is 4. The molecule has 1 aromatic carbocycles. The van der Waals surface area contributed by atoms with E-state index in [0.29, 0.717) is 17.0 Å². The first kappa shape index (κ1) is 22.4. The van der Waals surface area contributed by atoms with Crippen LogP contribution in [-0.4, -0.2) is 42.5 Å². The van der Waals surface area contributed by atoms with Crippen molar-refractivity contribution in [3.8, 4) is 0 Å². The fraction of sp³-hybridized carbons (Fsp3) is 0.444. The molecule has 0 bridgehead atoms. The Balaban J connectivity index is 2.18. The third kappa shape index (κ3) is 10.2. The SMILES string of the molecule is CC(C)(C)NC(=O)NC(=O)COC(=O)CCCNC(=O)c1ccc(Cl)cc1. The van der Waals surface area contributed by atoms with Crippen molar-refractivity contribution in [2.75, 3.05) is 13.2 Å². The Morgan fingerprint density at radius 3 is 2.30 bits per heavy atom. The minimum absolute atomic E-state index is 0.0301. The molecule has 0 spiro atoms. The molecule has 148 valence electrons. The van der Waals surface area contributed by atoms with Crippen LogP contribution in [0.4, 0.5) is 4.79 Å². The van der Waals surface area contributed by atoms with Crippen LogP contribution in [0, 0.1) is 0 Å². The van der Waals surface area contributed by atoms with Crippen LogP contribution in [0.15, 0.2) is 24.3 Å². The average molecular weight is 398 g/mol. The summed E-state index contributed by atoms with van der Waals surface area (Å²) in [5, 5.41) is 7.81. The lowest BCUT2D eigenvalue weighted by atomic mass is 10.1. The summed E-state index contributed by atoms with van der Waals surface area (Å²) >= 11 is 5.75. The van der Waals surface area contributed by atoms with E-state index in [1.54, 1.807) is 45.0 Å². The molecule has 0 heterocycles. The molecule has 1 aromatic rings. The lowest BCUT2D eigenvalue weighted by Crippen LogP contribution is -2.49. The molecule has 9 heteroatoms. The molecule has 8 nitrogen and oxygen atoms in total. The molecule has 0 saturated carbocycles. The summed E-state index contributed by atoms with van der Waals surface area (Å²) in [6.45, 7) is 5.03. The first-order valence-electron chi connectivity index (χ1n) is 8.38. The molecule has 0 aliphatic carbocycles. The van der Waals surface area contributed by atoms with Crippen LogP contribution < -0.4 is 16.0 Å². The summed E-state index contributed by atoms with van der Waals surface area (Å²) in [6.07, 6.45) is 0.382. The molecule has 0 atom stereocenters. The Labute approximate surface area is 163 Å². The van der Waals surface area contributed by atoms with Gasteiger partial charge >= 0.3 is 12.0 Å². The van der Waals surface area contributed by atoms with Gasteiger partial charge in [-0.15, -0.1) is 0 Å². The standard InChI is InChI=1S/C18H24ClN3O5/c1-18(2,3)22-17(26)21-14(23)11-27-15(24)5-4-10-20-16(25)12-6-8-13(19)9-7-12/h6-9H,4-5,10-11H2,1-3H3,(H,20,25)(H2,21,22,23,26). The molecule has 4 amide bonds. The van der Waals surface area contributed by atoms with Gasteiger partial charge in [0.2, 0.25) is 0 Å². The molecule has 0 saturated heterocycles. The maximum absolute atomic E-state index is 11.9. The van der Waals surface area contributed by atoms with Crippen molar-refractivity contribution in [1.29, 1.82) is 0 Å². The highest BCUT2D eigenvalue weighted by Crippen LogP contribution is 2.09. The molecule has 1 rings (SSSR count). The van der Waals surface area contributed by atoms with E-state index in [2.05, 4.69) is 16.0 Å². The van der Waals surface area contributed by atoms with Gasteiger partial charge in [0.25, 0.3) is 11.8 Å². The van der Waals surface area contributed by atoms with Gasteiger partial charge in [0, 0.05) is 29.1 Å². The quantitative estimate of drug-likeness (QED) is 0.481. The van der Waals surface area contributed by atoms with Crippen molar-refractivity contribution in [1.82, 2.24) is 16.0 Å². The molecule has 0 radical (unpaired) electrons. The van der Waals surface area contributed by atoms with Crippen LogP contribution in [0.25, 0.3) is 0 Å². The molecule has 0 aromatic heterocycles. The summed E-state index contributed by atoms with van der Waals surface area (Å²) < 4.78 is 4.78. The number of hydrogen-bond acceptors (Lipinski definition) is 5. The Morgan fingerprint density at radius 1 is 1.07 bits per heavy atom. The van der Waals surface area contributed by atoms with Gasteiger partial charge in [0.1, 0.15) is 0 Å². The number of ether oxygens (including phenoxy) is 1. The van der Waals surface area contributed by atoms with Crippen molar-refractivity contribution in [2.45, 2.75) is 39.2 Å². The van der Waals surface area contributed by atoms with Gasteiger partial charge in [-0.05, 0) is 51.5 Å². The third-order valence-electron chi connectivity index (χ3n) is 3.06. The molecular weight excluding hydrogens is 374 g/mol. The highest BCUT2D eigenvalue weighted by atomic mass is 35.5. The number of halogens is 1. The zero-order valence-corrected chi connectivity index (χ0v) is 16.3. The Hall–Kier alpha value is -2.61. The van der Waals surface area contributed by atoms with Gasteiger partial charge in [-0.2, -0.15) is 0 Å². The minimum atomic E-state index is -0.721. The van der Waals surface area contributed by atoms with E-state index < -0.39 is 30.1 Å². The normalized spacial score (nSPS) is 10.7. The van der Waals surface area contributed by atoms with E-state index in [0.717, 1.165) is 0 Å². The smallest absolute Gasteiger partial charge is 0.321 e. The molecule has 3 N–H and O–H groups in total. The summed E-state index contributed by atoms with van der Waals surface area (Å²) in [7, 11) is 0. The highest BCUT2D eigenvalue weighted by Gasteiger charge is 2.16. The second kappa shape index (κ2) is 10.5. The fourth-order valence-electron chi connectivity index (χ4n) is 1.89. The van der Waals surface area contributed by atoms with Crippen molar-refractivity contribution in [2.24, 2.45) is 0 Å². The van der Waals surface area contributed by atoms with Crippen LogP contribution in [0.3, 0.4) is 0 Å². The maximum Gasteiger partial charge on any atom is 0.321 e. The van der Waals surface area contributed by atoms with Crippen molar-refractivity contribution < 1.29 is 23.9 Å². The highest BCUT2D eigenvalue weighted by molar-refractivity contribution is 6.30. The van der Waals surface area contributed by atoms with Crippen LogP contribution in [0.5, 0.6) is 0 Å². The van der Waals surface area contributed by atoms with Crippen LogP contribution in [0.2, 0.25) is 5.02 Å². The van der Waals surface area contributed by atoms with E-state index in [-0.39, 0.29) is 18.9 Å². The van der Waals surface area contributed by atoms with Gasteiger partial charge in [-0.1, -0.05) is 11.6 Å². The van der Waals surface area contributed by atoms with Gasteiger partial charge in [0.05, 0.1) is 0 Å². The van der Waals surface area contributed by atoms with Gasteiger partial charge in [-0.3, -0.25) is 19.7 Å². The Kier molecular flexibility index (Phi) is 8.74. The largest absolute Gasteiger partial charge is 0.456 e. The molecule has 0 fully saturated rings. The van der Waals surface area contributed by atoms with E-state index in [1.165, 1.54) is 0 Å². The number of hydrogen-bond donors (Lipinski definition) is 3. The van der Waals surface area contributed by atoms with E-state index >= 15 is 0 Å². The summed E-state index contributed by atoms with van der Waals surface area (Å²) in [5.74, 6) is -1.59. The number of rotatable bonds is 7. The first-order valence-corrected chi connectivity index (χ1v) is 8.76. The Morgan fingerprint density at radius 2 is 1.70 bits per heavy atom. The number of nitrogens with one attached hydrogen (secondary N) is 3. The van der Waals surface area contributed by atoms with Crippen molar-refractivity contribution in [3.63, 3.8) is 0 Å². The van der Waals surface area contributed by atoms with Gasteiger partial charge in [0.15, 0.2) is 6.61 Å². The van der Waals surface area contributed by atoms with Crippen LogP contribution in [0.1, 0.15) is 44.0 Å². The molecule has 0 aliphatic heterocycles. The number of urea groups is 1. The predicted octanol–water partition coefficient (Wildman–Crippen LogP) is 2.02. The number of esters is 1. The lowest BCUT2D eigenvalue weighted by molar-refractivity contribution is -0.148. The monoisotopic (exact) mass is 397 g/mol. The van der Waals surface area contributed by atoms with Crippen molar-refractivity contribution >= 4 is 35.4 Å². The second-order valence-corrected chi connectivity index (χ2v) is 7.22. The first-order chi connectivity index (χ1) is 12.6. The summed E-state index contributed by atoms with van der Waals surface area (Å²) in [4.78, 5) is 46.5. The minimum Gasteiger partial charge on any atom is -0.456 e. The molecule has 27 heavy (non-hydrogen) atoms. The maximum atomic E-state index is 11.9. The number of carbonyl (C=O) groups is 4. The van der Waals surface area contributed by atoms with E-state index in [1.807, 2.05) is 0 Å². The van der Waals surface area contributed by atoms with Gasteiger partial charge in [-0.25, -0.2) is 4.79 Å². The third-order valence-corrected chi connectivity index (χ3v) is 3.31. The number of benzene rings is 1. The topological polar surface area (TPSA) is 114 Å². The molecule has 0 unspecified atom stereocenters. The second-order valence-electron chi connectivity index (χ2n) is 6.78. The van der Waals surface area contributed by atoms with E-state index in [9.17, 15) is 19.2 Å². The Bertz CT molecular complexity index is 683. The van der Waals surface area contributed by atoms with Crippen molar-refractivity contribution in [3.05, 3.63) is 34.9 Å². The molecule has 0 aliphatic rings. The van der Waals surface area contributed by atoms with E-state index in [4.69, 9.17) is 16.3 Å². The van der Waals surface area contributed by atoms with Crippen LogP contribution >= 0.6 is 11.6 Å². The van der Waals surface area contributed by atoms with Crippen LogP contribution in [-0.2, 0) is 14.3 Å². The number of imide groups is 1. The summed E-state index contributed by atoms with van der Waals surface area (Å²) in [6, 6.07) is 5.76. The fourth-order valence-corrected chi connectivity index (χ4v) is 2.02. The van der Waals surface area contributed by atoms with Gasteiger partial charge < -0.3 is 15.4 Å².